The van der Waals surface area contributed by atoms with Crippen LogP contribution >= 0.6 is 0 Å². The molecule has 2 heteroatoms. The third kappa shape index (κ3) is 2.44. The summed E-state index contributed by atoms with van der Waals surface area (Å²) in [5.41, 5.74) is 2.83. The van der Waals surface area contributed by atoms with Crippen molar-refractivity contribution in [2.75, 3.05) is 0 Å². The van der Waals surface area contributed by atoms with Crippen LogP contribution in [0.2, 0.25) is 0 Å². The average Bonchev–Trinajstić information content (AvgIpc) is 3.13. The maximum atomic E-state index is 3.61. The quantitative estimate of drug-likeness (QED) is 0.817. The first kappa shape index (κ1) is 11.8. The Kier molecular flexibility index (Phi) is 3.37. The zero-order valence-corrected chi connectivity index (χ0v) is 11.2. The minimum Gasteiger partial charge on any atom is -0.347 e. The van der Waals surface area contributed by atoms with Crippen LogP contribution in [0.4, 0.5) is 0 Å². The molecule has 1 aliphatic carbocycles. The van der Waals surface area contributed by atoms with Crippen molar-refractivity contribution in [2.45, 2.75) is 51.7 Å². The maximum Gasteiger partial charge on any atom is 0.0483 e. The highest BCUT2D eigenvalue weighted by molar-refractivity contribution is 5.83. The zero-order valence-electron chi connectivity index (χ0n) is 11.2. The summed E-state index contributed by atoms with van der Waals surface area (Å²) in [6, 6.07) is 9.74. The van der Waals surface area contributed by atoms with Crippen molar-refractivity contribution >= 4 is 10.9 Å². The van der Waals surface area contributed by atoms with Gasteiger partial charge in [0.15, 0.2) is 0 Å². The van der Waals surface area contributed by atoms with E-state index in [-0.39, 0.29) is 0 Å². The van der Waals surface area contributed by atoms with E-state index in [2.05, 4.69) is 47.3 Å². The number of aromatic nitrogens is 1. The average molecular weight is 242 g/mol. The third-order valence-electron chi connectivity index (χ3n) is 3.82. The van der Waals surface area contributed by atoms with Crippen molar-refractivity contribution in [1.29, 1.82) is 0 Å². The molecule has 0 amide bonds. The van der Waals surface area contributed by atoms with Gasteiger partial charge in [0.05, 0.1) is 0 Å². The van der Waals surface area contributed by atoms with Gasteiger partial charge in [-0.05, 0) is 37.0 Å². The number of hydrogen-bond acceptors (Lipinski definition) is 1. The lowest BCUT2D eigenvalue weighted by Crippen LogP contribution is -2.15. The van der Waals surface area contributed by atoms with Gasteiger partial charge in [-0.3, -0.25) is 0 Å². The Bertz CT molecular complexity index is 523. The topological polar surface area (TPSA) is 17.0 Å². The van der Waals surface area contributed by atoms with E-state index in [0.717, 1.165) is 19.1 Å². The van der Waals surface area contributed by atoms with E-state index in [4.69, 9.17) is 0 Å². The van der Waals surface area contributed by atoms with Gasteiger partial charge in [-0.2, -0.15) is 0 Å². The molecule has 1 heterocycles. The second-order valence-corrected chi connectivity index (χ2v) is 5.37. The molecule has 1 saturated carbocycles. The van der Waals surface area contributed by atoms with Crippen LogP contribution in [0, 0.1) is 0 Å². The van der Waals surface area contributed by atoms with Crippen molar-refractivity contribution in [3.63, 3.8) is 0 Å². The predicted molar refractivity (Wildman–Crippen MR) is 76.7 cm³/mol. The van der Waals surface area contributed by atoms with Crippen LogP contribution in [-0.2, 0) is 13.1 Å². The fraction of sp³-hybridized carbons (Fsp3) is 0.500. The van der Waals surface area contributed by atoms with Crippen LogP contribution in [0.3, 0.4) is 0 Å². The molecule has 1 aromatic carbocycles. The standard InChI is InChI=1S/C16H22N2/c1-2-3-10-18-11-9-15-13(5-4-6-16(15)18)12-17-14-7-8-14/h4-6,9,11,14,17H,2-3,7-8,10,12H2,1H3. The van der Waals surface area contributed by atoms with Crippen molar-refractivity contribution in [1.82, 2.24) is 9.88 Å². The van der Waals surface area contributed by atoms with E-state index < -0.39 is 0 Å². The molecule has 0 bridgehead atoms. The summed E-state index contributed by atoms with van der Waals surface area (Å²) in [7, 11) is 0. The number of nitrogens with one attached hydrogen (secondary N) is 1. The first-order valence-corrected chi connectivity index (χ1v) is 7.18. The molecule has 3 rings (SSSR count). The Balaban J connectivity index is 1.83. The summed E-state index contributed by atoms with van der Waals surface area (Å²) >= 11 is 0. The van der Waals surface area contributed by atoms with Crippen LogP contribution in [0.1, 0.15) is 38.2 Å². The van der Waals surface area contributed by atoms with Crippen LogP contribution < -0.4 is 5.32 Å². The SMILES string of the molecule is CCCCn1ccc2c(CNC3CC3)cccc21. The summed E-state index contributed by atoms with van der Waals surface area (Å²) in [5, 5.41) is 5.03. The molecular formula is C16H22N2. The van der Waals surface area contributed by atoms with Gasteiger partial charge in [-0.25, -0.2) is 0 Å². The Morgan fingerprint density at radius 3 is 2.94 bits per heavy atom. The van der Waals surface area contributed by atoms with Crippen LogP contribution in [-0.4, -0.2) is 10.6 Å². The molecule has 1 fully saturated rings. The summed E-state index contributed by atoms with van der Waals surface area (Å²) in [4.78, 5) is 0. The summed E-state index contributed by atoms with van der Waals surface area (Å²) in [5.74, 6) is 0. The lowest BCUT2D eigenvalue weighted by Gasteiger charge is -2.07. The van der Waals surface area contributed by atoms with Crippen molar-refractivity contribution in [3.05, 3.63) is 36.0 Å². The van der Waals surface area contributed by atoms with Gasteiger partial charge in [-0.15, -0.1) is 0 Å². The molecule has 0 unspecified atom stereocenters. The Hall–Kier alpha value is -1.28. The molecule has 0 radical (unpaired) electrons. The molecule has 18 heavy (non-hydrogen) atoms. The molecular weight excluding hydrogens is 220 g/mol. The number of fused-ring (bicyclic) bond motifs is 1. The van der Waals surface area contributed by atoms with Gasteiger partial charge in [-0.1, -0.05) is 25.5 Å². The molecule has 0 spiro atoms. The molecule has 0 aliphatic heterocycles. The number of unbranched alkanes of at least 4 members (excludes halogenated alkanes) is 1. The second kappa shape index (κ2) is 5.15. The Morgan fingerprint density at radius 2 is 2.17 bits per heavy atom. The minimum atomic E-state index is 0.780. The van der Waals surface area contributed by atoms with E-state index in [1.165, 1.54) is 42.1 Å². The van der Waals surface area contributed by atoms with E-state index in [1.807, 2.05) is 0 Å². The number of benzene rings is 1. The van der Waals surface area contributed by atoms with Crippen molar-refractivity contribution < 1.29 is 0 Å². The van der Waals surface area contributed by atoms with Crippen LogP contribution in [0.15, 0.2) is 30.5 Å². The van der Waals surface area contributed by atoms with Crippen molar-refractivity contribution in [2.24, 2.45) is 0 Å². The summed E-state index contributed by atoms with van der Waals surface area (Å²) in [6.45, 7) is 4.40. The molecule has 1 aromatic heterocycles. The molecule has 1 N–H and O–H groups in total. The maximum absolute atomic E-state index is 3.61. The molecule has 2 nitrogen and oxygen atoms in total. The number of aryl methyl sites for hydroxylation is 1. The summed E-state index contributed by atoms with van der Waals surface area (Å²) in [6.07, 6.45) is 7.46. The predicted octanol–water partition coefficient (Wildman–Crippen LogP) is 3.69. The number of nitrogens with zero attached hydrogens (tertiary/aromatic N) is 1. The van der Waals surface area contributed by atoms with Gasteiger partial charge in [0, 0.05) is 36.2 Å². The summed E-state index contributed by atoms with van der Waals surface area (Å²) < 4.78 is 2.39. The van der Waals surface area contributed by atoms with Gasteiger partial charge in [0.1, 0.15) is 0 Å². The fourth-order valence-corrected chi connectivity index (χ4v) is 2.51. The Labute approximate surface area is 109 Å². The smallest absolute Gasteiger partial charge is 0.0483 e. The van der Waals surface area contributed by atoms with E-state index >= 15 is 0 Å². The molecule has 96 valence electrons. The molecule has 0 saturated heterocycles. The van der Waals surface area contributed by atoms with Crippen LogP contribution in [0.5, 0.6) is 0 Å². The first-order valence-electron chi connectivity index (χ1n) is 7.18. The van der Waals surface area contributed by atoms with E-state index in [9.17, 15) is 0 Å². The highest BCUT2D eigenvalue weighted by Crippen LogP contribution is 2.23. The highest BCUT2D eigenvalue weighted by Gasteiger charge is 2.20. The largest absolute Gasteiger partial charge is 0.347 e. The normalized spacial score (nSPS) is 15.4. The van der Waals surface area contributed by atoms with Gasteiger partial charge in [0.2, 0.25) is 0 Å². The minimum absolute atomic E-state index is 0.780. The van der Waals surface area contributed by atoms with Gasteiger partial charge in [0.25, 0.3) is 0 Å². The fourth-order valence-electron chi connectivity index (χ4n) is 2.51. The first-order chi connectivity index (χ1) is 8.88. The molecule has 0 atom stereocenters. The Morgan fingerprint density at radius 1 is 1.28 bits per heavy atom. The third-order valence-corrected chi connectivity index (χ3v) is 3.82. The second-order valence-electron chi connectivity index (χ2n) is 5.37. The number of rotatable bonds is 6. The van der Waals surface area contributed by atoms with E-state index in [0.29, 0.717) is 0 Å². The lowest BCUT2D eigenvalue weighted by molar-refractivity contribution is 0.650. The van der Waals surface area contributed by atoms with Crippen molar-refractivity contribution in [3.8, 4) is 0 Å². The van der Waals surface area contributed by atoms with Crippen LogP contribution in [0.25, 0.3) is 10.9 Å². The monoisotopic (exact) mass is 242 g/mol. The highest BCUT2D eigenvalue weighted by atomic mass is 15.0. The zero-order chi connectivity index (χ0) is 12.4. The van der Waals surface area contributed by atoms with Gasteiger partial charge >= 0.3 is 0 Å². The molecule has 2 aromatic rings. The molecule has 1 aliphatic rings. The number of hydrogen-bond donors (Lipinski definition) is 1. The lowest BCUT2D eigenvalue weighted by atomic mass is 10.1. The van der Waals surface area contributed by atoms with Gasteiger partial charge < -0.3 is 9.88 Å². The van der Waals surface area contributed by atoms with E-state index in [1.54, 1.807) is 0 Å².